The molecular formula is C12H15N3O2S. The third-order valence-corrected chi connectivity index (χ3v) is 3.77. The van der Waals surface area contributed by atoms with Crippen molar-refractivity contribution in [2.24, 2.45) is 5.73 Å². The number of hydrogen-bond acceptors (Lipinski definition) is 5. The molecule has 0 saturated carbocycles. The number of nitrogens with two attached hydrogens (primary N) is 1. The fourth-order valence-corrected chi connectivity index (χ4v) is 2.29. The molecule has 1 unspecified atom stereocenters. The quantitative estimate of drug-likeness (QED) is 0.915. The molecule has 0 fully saturated rings. The fraction of sp³-hybridized carbons (Fsp3) is 0.333. The lowest BCUT2D eigenvalue weighted by Gasteiger charge is -2.22. The van der Waals surface area contributed by atoms with Gasteiger partial charge < -0.3 is 15.1 Å². The first-order chi connectivity index (χ1) is 8.63. The molecule has 18 heavy (non-hydrogen) atoms. The minimum absolute atomic E-state index is 0.00617. The van der Waals surface area contributed by atoms with Crippen molar-refractivity contribution in [1.29, 1.82) is 0 Å². The van der Waals surface area contributed by atoms with Crippen molar-refractivity contribution in [1.82, 2.24) is 9.88 Å². The highest BCUT2D eigenvalue weighted by Crippen LogP contribution is 2.26. The Morgan fingerprint density at radius 1 is 1.67 bits per heavy atom. The minimum atomic E-state index is -0.0664. The topological polar surface area (TPSA) is 72.4 Å². The van der Waals surface area contributed by atoms with E-state index < -0.39 is 0 Å². The van der Waals surface area contributed by atoms with Crippen molar-refractivity contribution in [2.45, 2.75) is 13.0 Å². The molecule has 0 bridgehead atoms. The Kier molecular flexibility index (Phi) is 3.78. The number of rotatable bonds is 4. The number of furan rings is 1. The molecule has 1 amide bonds. The van der Waals surface area contributed by atoms with E-state index in [4.69, 9.17) is 10.2 Å². The van der Waals surface area contributed by atoms with E-state index in [0.29, 0.717) is 22.2 Å². The van der Waals surface area contributed by atoms with Gasteiger partial charge in [-0.15, -0.1) is 11.3 Å². The number of carbonyl (C=O) groups is 1. The summed E-state index contributed by atoms with van der Waals surface area (Å²) < 4.78 is 5.24. The summed E-state index contributed by atoms with van der Waals surface area (Å²) in [6, 6.07) is 3.62. The molecule has 0 aliphatic heterocycles. The Balaban J connectivity index is 2.18. The lowest BCUT2D eigenvalue weighted by Crippen LogP contribution is -2.39. The number of hydrogen-bond donors (Lipinski definition) is 1. The van der Waals surface area contributed by atoms with Crippen LogP contribution in [-0.2, 0) is 0 Å². The van der Waals surface area contributed by atoms with Crippen LogP contribution in [0.5, 0.6) is 0 Å². The maximum atomic E-state index is 12.1. The van der Waals surface area contributed by atoms with E-state index in [1.165, 1.54) is 11.3 Å². The molecule has 2 aromatic heterocycles. The summed E-state index contributed by atoms with van der Waals surface area (Å²) in [4.78, 5) is 18.5. The molecule has 2 rings (SSSR count). The number of carbonyl (C=O) groups excluding carboxylic acids is 1. The zero-order chi connectivity index (χ0) is 13.1. The van der Waals surface area contributed by atoms with Crippen LogP contribution in [0.2, 0.25) is 0 Å². The lowest BCUT2D eigenvalue weighted by molar-refractivity contribution is 0.0753. The van der Waals surface area contributed by atoms with Gasteiger partial charge in [0.2, 0.25) is 0 Å². The number of thiazole rings is 1. The van der Waals surface area contributed by atoms with Crippen molar-refractivity contribution in [3.63, 3.8) is 0 Å². The summed E-state index contributed by atoms with van der Waals surface area (Å²) in [7, 11) is 1.74. The van der Waals surface area contributed by atoms with E-state index in [9.17, 15) is 4.79 Å². The highest BCUT2D eigenvalue weighted by Gasteiger charge is 2.19. The van der Waals surface area contributed by atoms with E-state index in [2.05, 4.69) is 4.98 Å². The molecule has 0 spiro atoms. The van der Waals surface area contributed by atoms with Crippen LogP contribution in [0, 0.1) is 0 Å². The summed E-state index contributed by atoms with van der Waals surface area (Å²) in [6.45, 7) is 2.35. The first-order valence-electron chi connectivity index (χ1n) is 5.60. The number of nitrogens with zero attached hydrogens (tertiary/aromatic N) is 2. The average Bonchev–Trinajstić information content (AvgIpc) is 3.05. The molecule has 96 valence electrons. The van der Waals surface area contributed by atoms with Crippen LogP contribution in [-0.4, -0.2) is 35.4 Å². The SMILES string of the molecule is CC(CN)N(C)C(=O)c1cnc(-c2ccco2)s1. The van der Waals surface area contributed by atoms with Crippen LogP contribution < -0.4 is 5.73 Å². The molecule has 0 aliphatic rings. The molecule has 0 aromatic carbocycles. The summed E-state index contributed by atoms with van der Waals surface area (Å²) in [5.41, 5.74) is 5.55. The van der Waals surface area contributed by atoms with Gasteiger partial charge in [0.25, 0.3) is 5.91 Å². The standard InChI is InChI=1S/C12H15N3O2S/c1-8(6-13)15(2)12(16)10-7-14-11(18-10)9-4-3-5-17-9/h3-5,7-8H,6,13H2,1-2H3. The molecule has 0 saturated heterocycles. The molecule has 2 aromatic rings. The first kappa shape index (κ1) is 12.8. The molecule has 0 radical (unpaired) electrons. The van der Waals surface area contributed by atoms with Crippen molar-refractivity contribution < 1.29 is 9.21 Å². The van der Waals surface area contributed by atoms with Crippen LogP contribution >= 0.6 is 11.3 Å². The van der Waals surface area contributed by atoms with E-state index in [0.717, 1.165) is 0 Å². The first-order valence-corrected chi connectivity index (χ1v) is 6.42. The zero-order valence-electron chi connectivity index (χ0n) is 10.3. The van der Waals surface area contributed by atoms with Crippen LogP contribution in [0.1, 0.15) is 16.6 Å². The van der Waals surface area contributed by atoms with Crippen molar-refractivity contribution >= 4 is 17.2 Å². The van der Waals surface area contributed by atoms with Crippen LogP contribution in [0.3, 0.4) is 0 Å². The van der Waals surface area contributed by atoms with Gasteiger partial charge in [-0.1, -0.05) is 0 Å². The Morgan fingerprint density at radius 2 is 2.44 bits per heavy atom. The highest BCUT2D eigenvalue weighted by atomic mass is 32.1. The van der Waals surface area contributed by atoms with Crippen LogP contribution in [0.15, 0.2) is 29.0 Å². The Labute approximate surface area is 109 Å². The van der Waals surface area contributed by atoms with Crippen molar-refractivity contribution in [3.8, 4) is 10.8 Å². The maximum absolute atomic E-state index is 12.1. The Morgan fingerprint density at radius 3 is 3.06 bits per heavy atom. The second-order valence-electron chi connectivity index (χ2n) is 4.01. The summed E-state index contributed by atoms with van der Waals surface area (Å²) >= 11 is 1.32. The summed E-state index contributed by atoms with van der Waals surface area (Å²) in [5.74, 6) is 0.608. The number of likely N-dealkylation sites (N-methyl/N-ethyl adjacent to an activating group) is 1. The van der Waals surface area contributed by atoms with Gasteiger partial charge >= 0.3 is 0 Å². The molecule has 0 aliphatic carbocycles. The fourth-order valence-electron chi connectivity index (χ4n) is 1.42. The van der Waals surface area contributed by atoms with Gasteiger partial charge in [-0.3, -0.25) is 4.79 Å². The van der Waals surface area contributed by atoms with Gasteiger partial charge in [0.05, 0.1) is 12.5 Å². The van der Waals surface area contributed by atoms with E-state index in [1.54, 1.807) is 30.5 Å². The second kappa shape index (κ2) is 5.32. The van der Waals surface area contributed by atoms with Gasteiger partial charge in [0, 0.05) is 19.6 Å². The van der Waals surface area contributed by atoms with E-state index in [-0.39, 0.29) is 11.9 Å². The van der Waals surface area contributed by atoms with Gasteiger partial charge in [0.15, 0.2) is 10.8 Å². The highest BCUT2D eigenvalue weighted by molar-refractivity contribution is 7.16. The smallest absolute Gasteiger partial charge is 0.265 e. The zero-order valence-corrected chi connectivity index (χ0v) is 11.1. The molecular weight excluding hydrogens is 250 g/mol. The second-order valence-corrected chi connectivity index (χ2v) is 5.04. The normalized spacial score (nSPS) is 12.4. The summed E-state index contributed by atoms with van der Waals surface area (Å²) in [6.07, 6.45) is 3.16. The largest absolute Gasteiger partial charge is 0.462 e. The molecule has 5 nitrogen and oxygen atoms in total. The maximum Gasteiger partial charge on any atom is 0.265 e. The molecule has 2 heterocycles. The predicted molar refractivity (Wildman–Crippen MR) is 70.4 cm³/mol. The Bertz CT molecular complexity index is 521. The summed E-state index contributed by atoms with van der Waals surface area (Å²) in [5, 5.41) is 0.706. The van der Waals surface area contributed by atoms with E-state index in [1.807, 2.05) is 13.0 Å². The third kappa shape index (κ3) is 2.44. The van der Waals surface area contributed by atoms with Crippen molar-refractivity contribution in [2.75, 3.05) is 13.6 Å². The average molecular weight is 265 g/mol. The van der Waals surface area contributed by atoms with Gasteiger partial charge in [0.1, 0.15) is 4.88 Å². The number of aromatic nitrogens is 1. The molecule has 6 heteroatoms. The Hall–Kier alpha value is -1.66. The molecule has 2 N–H and O–H groups in total. The van der Waals surface area contributed by atoms with Crippen molar-refractivity contribution in [3.05, 3.63) is 29.5 Å². The number of amides is 1. The van der Waals surface area contributed by atoms with Crippen LogP contribution in [0.25, 0.3) is 10.8 Å². The van der Waals surface area contributed by atoms with Crippen LogP contribution in [0.4, 0.5) is 0 Å². The lowest BCUT2D eigenvalue weighted by atomic mass is 10.3. The van der Waals surface area contributed by atoms with E-state index >= 15 is 0 Å². The minimum Gasteiger partial charge on any atom is -0.462 e. The van der Waals surface area contributed by atoms with Gasteiger partial charge in [-0.25, -0.2) is 4.98 Å². The predicted octanol–water partition coefficient (Wildman–Crippen LogP) is 1.82. The third-order valence-electron chi connectivity index (χ3n) is 2.77. The van der Waals surface area contributed by atoms with Gasteiger partial charge in [-0.2, -0.15) is 0 Å². The van der Waals surface area contributed by atoms with Gasteiger partial charge in [-0.05, 0) is 19.1 Å². The molecule has 1 atom stereocenters. The monoisotopic (exact) mass is 265 g/mol.